The summed E-state index contributed by atoms with van der Waals surface area (Å²) in [5, 5.41) is 3.73. The highest BCUT2D eigenvalue weighted by atomic mass is 35.5. The number of halogens is 1. The van der Waals surface area contributed by atoms with Crippen LogP contribution < -0.4 is 5.32 Å². The molecule has 4 heteroatoms. The Labute approximate surface area is 126 Å². The molecule has 1 amide bonds. The predicted molar refractivity (Wildman–Crippen MR) is 83.1 cm³/mol. The highest BCUT2D eigenvalue weighted by molar-refractivity contribution is 6.30. The standard InChI is InChI=1S/C16H23ClN2O/c17-15-7-4-14(5-8-15)6-9-16(20)18-10-3-13-19-11-1-2-12-19/h4-5,7-8H,1-3,6,9-13H2,(H,18,20). The van der Waals surface area contributed by atoms with Gasteiger partial charge in [-0.2, -0.15) is 0 Å². The summed E-state index contributed by atoms with van der Waals surface area (Å²) in [5.74, 6) is 0.140. The second-order valence-corrected chi connectivity index (χ2v) is 5.82. The molecule has 0 unspecified atom stereocenters. The lowest BCUT2D eigenvalue weighted by molar-refractivity contribution is -0.121. The summed E-state index contributed by atoms with van der Waals surface area (Å²) in [7, 11) is 0. The third kappa shape index (κ3) is 5.51. The number of hydrogen-bond acceptors (Lipinski definition) is 2. The smallest absolute Gasteiger partial charge is 0.220 e. The average molecular weight is 295 g/mol. The highest BCUT2D eigenvalue weighted by Crippen LogP contribution is 2.11. The molecule has 0 bridgehead atoms. The third-order valence-electron chi connectivity index (χ3n) is 3.73. The zero-order chi connectivity index (χ0) is 14.2. The third-order valence-corrected chi connectivity index (χ3v) is 3.98. The van der Waals surface area contributed by atoms with Crippen LogP contribution in [-0.4, -0.2) is 37.0 Å². The number of hydrogen-bond donors (Lipinski definition) is 1. The van der Waals surface area contributed by atoms with E-state index in [1.54, 1.807) is 0 Å². The summed E-state index contributed by atoms with van der Waals surface area (Å²) in [5.41, 5.74) is 1.15. The topological polar surface area (TPSA) is 32.3 Å². The first-order valence-corrected chi connectivity index (χ1v) is 7.85. The number of rotatable bonds is 7. The van der Waals surface area contributed by atoms with Gasteiger partial charge in [0.2, 0.25) is 5.91 Å². The van der Waals surface area contributed by atoms with Gasteiger partial charge in [0.25, 0.3) is 0 Å². The Bertz CT molecular complexity index is 413. The van der Waals surface area contributed by atoms with Crippen LogP contribution in [-0.2, 0) is 11.2 Å². The Kier molecular flexibility index (Phi) is 6.34. The molecule has 1 aromatic rings. The number of aryl methyl sites for hydroxylation is 1. The van der Waals surface area contributed by atoms with Crippen LogP contribution in [0.1, 0.15) is 31.2 Å². The van der Waals surface area contributed by atoms with Crippen molar-refractivity contribution in [2.75, 3.05) is 26.2 Å². The number of amides is 1. The van der Waals surface area contributed by atoms with Gasteiger partial charge < -0.3 is 10.2 Å². The molecule has 1 aromatic carbocycles. The van der Waals surface area contributed by atoms with E-state index in [0.717, 1.165) is 36.5 Å². The fourth-order valence-electron chi connectivity index (χ4n) is 2.53. The zero-order valence-corrected chi connectivity index (χ0v) is 12.7. The van der Waals surface area contributed by atoms with E-state index in [2.05, 4.69) is 10.2 Å². The molecule has 0 spiro atoms. The van der Waals surface area contributed by atoms with Crippen LogP contribution in [0.2, 0.25) is 5.02 Å². The van der Waals surface area contributed by atoms with Crippen LogP contribution in [0.4, 0.5) is 0 Å². The molecule has 20 heavy (non-hydrogen) atoms. The maximum Gasteiger partial charge on any atom is 0.220 e. The molecule has 1 aliphatic heterocycles. The summed E-state index contributed by atoms with van der Waals surface area (Å²) in [6, 6.07) is 7.68. The summed E-state index contributed by atoms with van der Waals surface area (Å²) >= 11 is 5.83. The van der Waals surface area contributed by atoms with E-state index in [9.17, 15) is 4.79 Å². The molecular weight excluding hydrogens is 272 g/mol. The SMILES string of the molecule is O=C(CCc1ccc(Cl)cc1)NCCCN1CCCC1. The largest absolute Gasteiger partial charge is 0.356 e. The van der Waals surface area contributed by atoms with Crippen molar-refractivity contribution in [3.8, 4) is 0 Å². The van der Waals surface area contributed by atoms with Crippen molar-refractivity contribution >= 4 is 17.5 Å². The summed E-state index contributed by atoms with van der Waals surface area (Å²) < 4.78 is 0. The van der Waals surface area contributed by atoms with Gasteiger partial charge in [-0.05, 0) is 63.0 Å². The van der Waals surface area contributed by atoms with Gasteiger partial charge in [0.15, 0.2) is 0 Å². The first-order chi connectivity index (χ1) is 9.74. The fraction of sp³-hybridized carbons (Fsp3) is 0.562. The van der Waals surface area contributed by atoms with Gasteiger partial charge >= 0.3 is 0 Å². The van der Waals surface area contributed by atoms with Crippen molar-refractivity contribution in [3.05, 3.63) is 34.9 Å². The maximum absolute atomic E-state index is 11.7. The van der Waals surface area contributed by atoms with Crippen molar-refractivity contribution in [3.63, 3.8) is 0 Å². The van der Waals surface area contributed by atoms with E-state index in [-0.39, 0.29) is 5.91 Å². The molecule has 0 aromatic heterocycles. The number of nitrogens with one attached hydrogen (secondary N) is 1. The van der Waals surface area contributed by atoms with Crippen molar-refractivity contribution in [2.45, 2.75) is 32.1 Å². The molecule has 0 saturated carbocycles. The molecule has 1 heterocycles. The minimum Gasteiger partial charge on any atom is -0.356 e. The Balaban J connectivity index is 1.54. The summed E-state index contributed by atoms with van der Waals surface area (Å²) in [4.78, 5) is 14.2. The Hall–Kier alpha value is -1.06. The molecule has 0 radical (unpaired) electrons. The predicted octanol–water partition coefficient (Wildman–Crippen LogP) is 2.87. The zero-order valence-electron chi connectivity index (χ0n) is 11.9. The van der Waals surface area contributed by atoms with Crippen LogP contribution in [0.5, 0.6) is 0 Å². The van der Waals surface area contributed by atoms with Crippen LogP contribution >= 0.6 is 11.6 Å². The Morgan fingerprint density at radius 3 is 2.60 bits per heavy atom. The number of nitrogens with zero attached hydrogens (tertiary/aromatic N) is 1. The lowest BCUT2D eigenvalue weighted by atomic mass is 10.1. The van der Waals surface area contributed by atoms with Gasteiger partial charge in [-0.1, -0.05) is 23.7 Å². The van der Waals surface area contributed by atoms with E-state index < -0.39 is 0 Å². The van der Waals surface area contributed by atoms with Gasteiger partial charge in [-0.25, -0.2) is 0 Å². The quantitative estimate of drug-likeness (QED) is 0.784. The molecule has 0 atom stereocenters. The van der Waals surface area contributed by atoms with E-state index >= 15 is 0 Å². The van der Waals surface area contributed by atoms with Crippen LogP contribution in [0.15, 0.2) is 24.3 Å². The van der Waals surface area contributed by atoms with Crippen molar-refractivity contribution in [2.24, 2.45) is 0 Å². The van der Waals surface area contributed by atoms with E-state index in [0.29, 0.717) is 6.42 Å². The molecule has 1 fully saturated rings. The molecule has 110 valence electrons. The van der Waals surface area contributed by atoms with Crippen LogP contribution in [0.3, 0.4) is 0 Å². The average Bonchev–Trinajstić information content (AvgIpc) is 2.96. The van der Waals surface area contributed by atoms with Crippen molar-refractivity contribution in [1.82, 2.24) is 10.2 Å². The van der Waals surface area contributed by atoms with Gasteiger partial charge in [0.05, 0.1) is 0 Å². The first kappa shape index (κ1) is 15.3. The number of likely N-dealkylation sites (tertiary alicyclic amines) is 1. The fourth-order valence-corrected chi connectivity index (χ4v) is 2.66. The van der Waals surface area contributed by atoms with E-state index in [1.807, 2.05) is 24.3 Å². The van der Waals surface area contributed by atoms with Gasteiger partial charge in [-0.15, -0.1) is 0 Å². The summed E-state index contributed by atoms with van der Waals surface area (Å²) in [6.07, 6.45) is 5.02. The maximum atomic E-state index is 11.7. The highest BCUT2D eigenvalue weighted by Gasteiger charge is 2.10. The molecule has 0 aliphatic carbocycles. The Morgan fingerprint density at radius 1 is 1.20 bits per heavy atom. The van der Waals surface area contributed by atoms with Crippen molar-refractivity contribution in [1.29, 1.82) is 0 Å². The molecule has 1 saturated heterocycles. The van der Waals surface area contributed by atoms with Gasteiger partial charge in [0.1, 0.15) is 0 Å². The lowest BCUT2D eigenvalue weighted by Crippen LogP contribution is -2.28. The van der Waals surface area contributed by atoms with E-state index in [1.165, 1.54) is 25.9 Å². The molecule has 3 nitrogen and oxygen atoms in total. The number of carbonyl (C=O) groups excluding carboxylic acids is 1. The van der Waals surface area contributed by atoms with E-state index in [4.69, 9.17) is 11.6 Å². The van der Waals surface area contributed by atoms with Crippen LogP contribution in [0, 0.1) is 0 Å². The van der Waals surface area contributed by atoms with Gasteiger partial charge in [-0.3, -0.25) is 4.79 Å². The van der Waals surface area contributed by atoms with Gasteiger partial charge in [0, 0.05) is 18.0 Å². The minimum absolute atomic E-state index is 0.140. The Morgan fingerprint density at radius 2 is 1.90 bits per heavy atom. The second-order valence-electron chi connectivity index (χ2n) is 5.38. The van der Waals surface area contributed by atoms with Crippen LogP contribution in [0.25, 0.3) is 0 Å². The first-order valence-electron chi connectivity index (χ1n) is 7.47. The number of benzene rings is 1. The minimum atomic E-state index is 0.140. The van der Waals surface area contributed by atoms with Crippen molar-refractivity contribution < 1.29 is 4.79 Å². The second kappa shape index (κ2) is 8.28. The summed E-state index contributed by atoms with van der Waals surface area (Å²) in [6.45, 7) is 4.35. The normalized spacial score (nSPS) is 15.4. The molecule has 1 N–H and O–H groups in total. The molecule has 1 aliphatic rings. The monoisotopic (exact) mass is 294 g/mol. The lowest BCUT2D eigenvalue weighted by Gasteiger charge is -2.14. The molecular formula is C16H23ClN2O. The molecule has 2 rings (SSSR count). The number of carbonyl (C=O) groups is 1.